The van der Waals surface area contributed by atoms with Crippen LogP contribution >= 0.6 is 0 Å². The Balaban J connectivity index is 2.44. The molecule has 0 saturated carbocycles. The summed E-state index contributed by atoms with van der Waals surface area (Å²) in [6.07, 6.45) is 1.06. The minimum absolute atomic E-state index is 1.06. The van der Waals surface area contributed by atoms with Gasteiger partial charge in [-0.2, -0.15) is 0 Å². The number of para-hydroxylation sites is 1. The molecule has 20 heavy (non-hydrogen) atoms. The van der Waals surface area contributed by atoms with E-state index in [1.165, 1.54) is 38.4 Å². The first-order valence-corrected chi connectivity index (χ1v) is 7.21. The summed E-state index contributed by atoms with van der Waals surface area (Å²) < 4.78 is 2.41. The minimum Gasteiger partial charge on any atom is -0.313 e. The summed E-state index contributed by atoms with van der Waals surface area (Å²) in [5.41, 5.74) is 5.40. The number of fused-ring (bicyclic) bond motifs is 6. The predicted molar refractivity (Wildman–Crippen MR) is 86.5 cm³/mol. The number of aryl methyl sites for hydroxylation is 2. The minimum atomic E-state index is 1.06. The van der Waals surface area contributed by atoms with Gasteiger partial charge in [-0.3, -0.25) is 0 Å². The van der Waals surface area contributed by atoms with E-state index in [0.29, 0.717) is 0 Å². The van der Waals surface area contributed by atoms with Crippen LogP contribution in [-0.4, -0.2) is 4.40 Å². The summed E-state index contributed by atoms with van der Waals surface area (Å²) in [6, 6.07) is 19.8. The normalized spacial score (nSPS) is 11.7. The van der Waals surface area contributed by atoms with Gasteiger partial charge < -0.3 is 4.40 Å². The molecule has 4 rings (SSSR count). The van der Waals surface area contributed by atoms with Crippen molar-refractivity contribution in [3.8, 4) is 0 Å². The number of pyridine rings is 1. The third-order valence-corrected chi connectivity index (χ3v) is 4.29. The van der Waals surface area contributed by atoms with Gasteiger partial charge in [0.25, 0.3) is 0 Å². The maximum Gasteiger partial charge on any atom is 0.0569 e. The first-order chi connectivity index (χ1) is 9.81. The molecule has 0 saturated heterocycles. The Hall–Kier alpha value is -2.28. The van der Waals surface area contributed by atoms with Gasteiger partial charge in [-0.05, 0) is 36.4 Å². The van der Waals surface area contributed by atoms with Gasteiger partial charge in [0.15, 0.2) is 0 Å². The second kappa shape index (κ2) is 4.11. The van der Waals surface area contributed by atoms with Gasteiger partial charge >= 0.3 is 0 Å². The van der Waals surface area contributed by atoms with Gasteiger partial charge in [-0.25, -0.2) is 0 Å². The van der Waals surface area contributed by atoms with Crippen molar-refractivity contribution < 1.29 is 0 Å². The maximum atomic E-state index is 2.41. The highest BCUT2D eigenvalue weighted by atomic mass is 14.9. The Morgan fingerprint density at radius 3 is 2.35 bits per heavy atom. The van der Waals surface area contributed by atoms with Crippen molar-refractivity contribution in [1.82, 2.24) is 4.40 Å². The molecule has 2 heterocycles. The molecule has 0 radical (unpaired) electrons. The zero-order valence-corrected chi connectivity index (χ0v) is 11.9. The van der Waals surface area contributed by atoms with Crippen LogP contribution in [0.15, 0.2) is 54.6 Å². The SMILES string of the molecule is CCc1cccc2c3ccccc3c3ccc(C)n3c12. The van der Waals surface area contributed by atoms with Crippen LogP contribution in [0.2, 0.25) is 0 Å². The molecule has 0 spiro atoms. The van der Waals surface area contributed by atoms with E-state index in [2.05, 4.69) is 72.8 Å². The Labute approximate surface area is 118 Å². The molecule has 0 aliphatic heterocycles. The third-order valence-electron chi connectivity index (χ3n) is 4.29. The number of hydrogen-bond donors (Lipinski definition) is 0. The number of aromatic nitrogens is 1. The van der Waals surface area contributed by atoms with Crippen LogP contribution in [0.1, 0.15) is 18.2 Å². The summed E-state index contributed by atoms with van der Waals surface area (Å²) in [6.45, 7) is 4.42. The fraction of sp³-hybridized carbons (Fsp3) is 0.158. The molecule has 0 N–H and O–H groups in total. The molecule has 0 aliphatic rings. The first kappa shape index (κ1) is 11.5. The molecule has 1 nitrogen and oxygen atoms in total. The molecule has 1 heteroatoms. The molecule has 0 bridgehead atoms. The topological polar surface area (TPSA) is 4.41 Å². The number of benzene rings is 2. The van der Waals surface area contributed by atoms with E-state index in [0.717, 1.165) is 6.42 Å². The van der Waals surface area contributed by atoms with Gasteiger partial charge in [-0.1, -0.05) is 49.4 Å². The summed E-state index contributed by atoms with van der Waals surface area (Å²) in [7, 11) is 0. The Bertz CT molecular complexity index is 944. The Morgan fingerprint density at radius 2 is 1.55 bits per heavy atom. The van der Waals surface area contributed by atoms with Gasteiger partial charge in [0.05, 0.1) is 11.0 Å². The molecule has 98 valence electrons. The van der Waals surface area contributed by atoms with E-state index in [4.69, 9.17) is 0 Å². The number of hydrogen-bond acceptors (Lipinski definition) is 0. The smallest absolute Gasteiger partial charge is 0.0569 e. The average molecular weight is 259 g/mol. The summed E-state index contributed by atoms with van der Waals surface area (Å²) in [5.74, 6) is 0. The highest BCUT2D eigenvalue weighted by Crippen LogP contribution is 2.32. The molecule has 2 aromatic carbocycles. The van der Waals surface area contributed by atoms with Crippen molar-refractivity contribution in [3.05, 3.63) is 65.9 Å². The lowest BCUT2D eigenvalue weighted by Crippen LogP contribution is -1.96. The molecule has 2 aromatic heterocycles. The quantitative estimate of drug-likeness (QED) is 0.418. The van der Waals surface area contributed by atoms with Crippen LogP contribution in [-0.2, 0) is 6.42 Å². The van der Waals surface area contributed by atoms with E-state index < -0.39 is 0 Å². The van der Waals surface area contributed by atoms with Crippen LogP contribution in [0, 0.1) is 6.92 Å². The van der Waals surface area contributed by atoms with E-state index in [1.54, 1.807) is 0 Å². The van der Waals surface area contributed by atoms with Crippen molar-refractivity contribution in [2.45, 2.75) is 20.3 Å². The first-order valence-electron chi connectivity index (χ1n) is 7.21. The zero-order valence-electron chi connectivity index (χ0n) is 11.9. The van der Waals surface area contributed by atoms with Gasteiger partial charge in [0.1, 0.15) is 0 Å². The van der Waals surface area contributed by atoms with E-state index in [9.17, 15) is 0 Å². The average Bonchev–Trinajstić information content (AvgIpc) is 2.89. The van der Waals surface area contributed by atoms with Crippen LogP contribution < -0.4 is 0 Å². The number of rotatable bonds is 1. The summed E-state index contributed by atoms with van der Waals surface area (Å²) in [4.78, 5) is 0. The van der Waals surface area contributed by atoms with Gasteiger partial charge in [0, 0.05) is 16.5 Å². The lowest BCUT2D eigenvalue weighted by Gasteiger charge is -2.13. The maximum absolute atomic E-state index is 2.41. The fourth-order valence-electron chi connectivity index (χ4n) is 3.35. The second-order valence-electron chi connectivity index (χ2n) is 5.41. The van der Waals surface area contributed by atoms with Crippen molar-refractivity contribution >= 4 is 27.2 Å². The largest absolute Gasteiger partial charge is 0.313 e. The van der Waals surface area contributed by atoms with E-state index in [-0.39, 0.29) is 0 Å². The second-order valence-corrected chi connectivity index (χ2v) is 5.41. The molecular weight excluding hydrogens is 242 g/mol. The number of nitrogens with zero attached hydrogens (tertiary/aromatic N) is 1. The lowest BCUT2D eigenvalue weighted by molar-refractivity contribution is 1.11. The van der Waals surface area contributed by atoms with Crippen LogP contribution in [0.5, 0.6) is 0 Å². The van der Waals surface area contributed by atoms with Crippen molar-refractivity contribution in [2.75, 3.05) is 0 Å². The van der Waals surface area contributed by atoms with E-state index in [1.807, 2.05) is 0 Å². The predicted octanol–water partition coefficient (Wildman–Crippen LogP) is 5.12. The standard InChI is InChI=1S/C19H17N/c1-3-14-7-6-10-17-15-8-4-5-9-16(15)18-12-11-13(2)20(18)19(14)17/h4-12H,3H2,1-2H3. The lowest BCUT2D eigenvalue weighted by atomic mass is 10.0. The van der Waals surface area contributed by atoms with Crippen molar-refractivity contribution in [1.29, 1.82) is 0 Å². The highest BCUT2D eigenvalue weighted by Gasteiger charge is 2.11. The van der Waals surface area contributed by atoms with Crippen molar-refractivity contribution in [2.24, 2.45) is 0 Å². The molecule has 0 atom stereocenters. The highest BCUT2D eigenvalue weighted by molar-refractivity contribution is 6.13. The van der Waals surface area contributed by atoms with Gasteiger partial charge in [-0.15, -0.1) is 0 Å². The van der Waals surface area contributed by atoms with E-state index >= 15 is 0 Å². The summed E-state index contributed by atoms with van der Waals surface area (Å²) in [5, 5.41) is 4.04. The Morgan fingerprint density at radius 1 is 0.800 bits per heavy atom. The molecule has 0 unspecified atom stereocenters. The van der Waals surface area contributed by atoms with Crippen LogP contribution in [0.4, 0.5) is 0 Å². The van der Waals surface area contributed by atoms with Gasteiger partial charge in [0.2, 0.25) is 0 Å². The zero-order chi connectivity index (χ0) is 13.7. The molecule has 0 fully saturated rings. The third kappa shape index (κ3) is 1.38. The fourth-order valence-corrected chi connectivity index (χ4v) is 3.35. The monoisotopic (exact) mass is 259 g/mol. The van der Waals surface area contributed by atoms with Crippen LogP contribution in [0.25, 0.3) is 27.2 Å². The Kier molecular flexibility index (Phi) is 2.37. The summed E-state index contributed by atoms with van der Waals surface area (Å²) >= 11 is 0. The molecule has 4 aromatic rings. The molecule has 0 aliphatic carbocycles. The van der Waals surface area contributed by atoms with Crippen molar-refractivity contribution in [3.63, 3.8) is 0 Å². The van der Waals surface area contributed by atoms with Crippen LogP contribution in [0.3, 0.4) is 0 Å². The molecule has 0 amide bonds. The molecular formula is C19H17N.